The van der Waals surface area contributed by atoms with Crippen molar-refractivity contribution in [1.82, 2.24) is 0 Å². The summed E-state index contributed by atoms with van der Waals surface area (Å²) in [5.41, 5.74) is 2.65. The number of hydrogen-bond acceptors (Lipinski definition) is 1. The molecule has 0 N–H and O–H groups in total. The summed E-state index contributed by atoms with van der Waals surface area (Å²) >= 11 is 3.43. The van der Waals surface area contributed by atoms with Gasteiger partial charge in [-0.1, -0.05) is 47.5 Å². The van der Waals surface area contributed by atoms with Gasteiger partial charge in [-0.05, 0) is 42.0 Å². The first-order valence-electron chi connectivity index (χ1n) is 5.91. The molecule has 1 nitrogen and oxygen atoms in total. The molecule has 0 amide bonds. The van der Waals surface area contributed by atoms with Crippen LogP contribution in [-0.4, -0.2) is 5.78 Å². The van der Waals surface area contributed by atoms with Crippen molar-refractivity contribution in [2.24, 2.45) is 5.41 Å². The maximum absolute atomic E-state index is 11.6. The molecule has 1 aliphatic rings. The largest absolute Gasteiger partial charge is 0.295 e. The van der Waals surface area contributed by atoms with Gasteiger partial charge < -0.3 is 0 Å². The smallest absolute Gasteiger partial charge is 0.156 e. The third kappa shape index (κ3) is 3.53. The van der Waals surface area contributed by atoms with Gasteiger partial charge in [0.25, 0.3) is 0 Å². The first kappa shape index (κ1) is 12.6. The predicted molar refractivity (Wildman–Crippen MR) is 74.0 cm³/mol. The van der Waals surface area contributed by atoms with E-state index in [4.69, 9.17) is 0 Å². The number of ketones is 1. The third-order valence-electron chi connectivity index (χ3n) is 3.07. The first-order valence-corrected chi connectivity index (χ1v) is 6.71. The molecule has 17 heavy (non-hydrogen) atoms. The maximum atomic E-state index is 11.6. The molecular formula is C15H17BrO. The normalized spacial score (nSPS) is 19.0. The molecule has 0 aliphatic heterocycles. The molecule has 1 aromatic carbocycles. The molecule has 0 aromatic heterocycles. The highest BCUT2D eigenvalue weighted by Gasteiger charge is 2.27. The van der Waals surface area contributed by atoms with Crippen molar-refractivity contribution in [3.05, 3.63) is 46.0 Å². The molecule has 2 heteroatoms. The molecule has 0 spiro atoms. The van der Waals surface area contributed by atoms with Crippen LogP contribution in [-0.2, 0) is 11.2 Å². The minimum Gasteiger partial charge on any atom is -0.295 e. The van der Waals surface area contributed by atoms with E-state index in [0.29, 0.717) is 6.42 Å². The van der Waals surface area contributed by atoms with Crippen LogP contribution in [0.15, 0.2) is 40.4 Å². The molecule has 0 radical (unpaired) electrons. The Morgan fingerprint density at radius 2 is 1.82 bits per heavy atom. The molecule has 0 atom stereocenters. The topological polar surface area (TPSA) is 17.1 Å². The Bertz CT molecular complexity index is 454. The number of hydrogen-bond donors (Lipinski definition) is 0. The van der Waals surface area contributed by atoms with Crippen molar-refractivity contribution in [1.29, 1.82) is 0 Å². The van der Waals surface area contributed by atoms with E-state index in [1.54, 1.807) is 0 Å². The quantitative estimate of drug-likeness (QED) is 0.794. The summed E-state index contributed by atoms with van der Waals surface area (Å²) in [5, 5.41) is 0. The fourth-order valence-electron chi connectivity index (χ4n) is 2.46. The number of carbonyl (C=O) groups is 1. The van der Waals surface area contributed by atoms with Crippen molar-refractivity contribution in [2.75, 3.05) is 0 Å². The number of rotatable bonds is 2. The molecule has 0 heterocycles. The SMILES string of the molecule is CC1(C)CC(=O)C=C(Cc2ccc(Br)cc2)C1. The van der Waals surface area contributed by atoms with Gasteiger partial charge in [-0.25, -0.2) is 0 Å². The highest BCUT2D eigenvalue weighted by atomic mass is 79.9. The lowest BCUT2D eigenvalue weighted by molar-refractivity contribution is -0.117. The van der Waals surface area contributed by atoms with E-state index in [9.17, 15) is 4.79 Å². The lowest BCUT2D eigenvalue weighted by Gasteiger charge is -2.28. The fraction of sp³-hybridized carbons (Fsp3) is 0.400. The van der Waals surface area contributed by atoms with E-state index < -0.39 is 0 Å². The highest BCUT2D eigenvalue weighted by molar-refractivity contribution is 9.10. The Labute approximate surface area is 111 Å². The minimum atomic E-state index is 0.122. The van der Waals surface area contributed by atoms with E-state index in [2.05, 4.69) is 41.9 Å². The Balaban J connectivity index is 2.13. The third-order valence-corrected chi connectivity index (χ3v) is 3.60. The van der Waals surface area contributed by atoms with Gasteiger partial charge in [0.15, 0.2) is 5.78 Å². The lowest BCUT2D eigenvalue weighted by atomic mass is 9.75. The molecule has 1 aliphatic carbocycles. The van der Waals surface area contributed by atoms with Crippen LogP contribution in [0.1, 0.15) is 32.3 Å². The highest BCUT2D eigenvalue weighted by Crippen LogP contribution is 2.34. The summed E-state index contributed by atoms with van der Waals surface area (Å²) in [6.07, 6.45) is 4.43. The number of carbonyl (C=O) groups excluding carboxylic acids is 1. The second kappa shape index (κ2) is 4.77. The Hall–Kier alpha value is -0.890. The van der Waals surface area contributed by atoms with Crippen LogP contribution in [0.2, 0.25) is 0 Å². The molecule has 0 unspecified atom stereocenters. The van der Waals surface area contributed by atoms with E-state index in [1.807, 2.05) is 18.2 Å². The monoisotopic (exact) mass is 292 g/mol. The Kier molecular flexibility index (Phi) is 3.53. The van der Waals surface area contributed by atoms with Gasteiger partial charge in [0, 0.05) is 10.9 Å². The zero-order valence-corrected chi connectivity index (χ0v) is 11.9. The Morgan fingerprint density at radius 3 is 2.41 bits per heavy atom. The first-order chi connectivity index (χ1) is 7.94. The molecule has 0 saturated carbocycles. The van der Waals surface area contributed by atoms with Crippen molar-refractivity contribution in [3.63, 3.8) is 0 Å². The summed E-state index contributed by atoms with van der Waals surface area (Å²) in [4.78, 5) is 11.6. The van der Waals surface area contributed by atoms with Gasteiger partial charge in [-0.2, -0.15) is 0 Å². The van der Waals surface area contributed by atoms with Crippen LogP contribution >= 0.6 is 15.9 Å². The van der Waals surface area contributed by atoms with Crippen molar-refractivity contribution >= 4 is 21.7 Å². The van der Waals surface area contributed by atoms with Crippen LogP contribution < -0.4 is 0 Å². The molecule has 1 aromatic rings. The Morgan fingerprint density at radius 1 is 1.18 bits per heavy atom. The lowest BCUT2D eigenvalue weighted by Crippen LogP contribution is -2.22. The second-order valence-electron chi connectivity index (χ2n) is 5.59. The van der Waals surface area contributed by atoms with Gasteiger partial charge >= 0.3 is 0 Å². The van der Waals surface area contributed by atoms with Gasteiger partial charge in [-0.3, -0.25) is 4.79 Å². The zero-order valence-electron chi connectivity index (χ0n) is 10.3. The summed E-state index contributed by atoms with van der Waals surface area (Å²) < 4.78 is 1.09. The number of allylic oxidation sites excluding steroid dienone is 2. The van der Waals surface area contributed by atoms with Crippen LogP contribution in [0.25, 0.3) is 0 Å². The fourth-order valence-corrected chi connectivity index (χ4v) is 2.72. The molecule has 0 saturated heterocycles. The van der Waals surface area contributed by atoms with Crippen LogP contribution in [0.5, 0.6) is 0 Å². The van der Waals surface area contributed by atoms with E-state index in [-0.39, 0.29) is 11.2 Å². The average molecular weight is 293 g/mol. The van der Waals surface area contributed by atoms with Crippen LogP contribution in [0.3, 0.4) is 0 Å². The molecule has 0 fully saturated rings. The molecular weight excluding hydrogens is 276 g/mol. The van der Waals surface area contributed by atoms with Gasteiger partial charge in [0.1, 0.15) is 0 Å². The molecule has 0 bridgehead atoms. The minimum absolute atomic E-state index is 0.122. The number of halogens is 1. The second-order valence-corrected chi connectivity index (χ2v) is 6.51. The summed E-state index contributed by atoms with van der Waals surface area (Å²) in [5.74, 6) is 0.272. The van der Waals surface area contributed by atoms with E-state index >= 15 is 0 Å². The standard InChI is InChI=1S/C15H17BrO/c1-15(2)9-12(8-14(17)10-15)7-11-3-5-13(16)6-4-11/h3-6,8H,7,9-10H2,1-2H3. The van der Waals surface area contributed by atoms with Crippen LogP contribution in [0, 0.1) is 5.41 Å². The number of benzene rings is 1. The predicted octanol–water partition coefficient (Wildman–Crippen LogP) is 4.31. The van der Waals surface area contributed by atoms with E-state index in [1.165, 1.54) is 11.1 Å². The van der Waals surface area contributed by atoms with Crippen LogP contribution in [0.4, 0.5) is 0 Å². The molecule has 2 rings (SSSR count). The summed E-state index contributed by atoms with van der Waals surface area (Å²) in [6.45, 7) is 4.33. The van der Waals surface area contributed by atoms with E-state index in [0.717, 1.165) is 17.3 Å². The summed E-state index contributed by atoms with van der Waals surface area (Å²) in [6, 6.07) is 8.31. The summed E-state index contributed by atoms with van der Waals surface area (Å²) in [7, 11) is 0. The van der Waals surface area contributed by atoms with Gasteiger partial charge in [0.05, 0.1) is 0 Å². The van der Waals surface area contributed by atoms with Crippen molar-refractivity contribution < 1.29 is 4.79 Å². The van der Waals surface area contributed by atoms with Gasteiger partial charge in [0.2, 0.25) is 0 Å². The molecule has 90 valence electrons. The maximum Gasteiger partial charge on any atom is 0.156 e. The van der Waals surface area contributed by atoms with Gasteiger partial charge in [-0.15, -0.1) is 0 Å². The average Bonchev–Trinajstić information content (AvgIpc) is 2.18. The van der Waals surface area contributed by atoms with Crippen molar-refractivity contribution in [3.8, 4) is 0 Å². The van der Waals surface area contributed by atoms with Crippen molar-refractivity contribution in [2.45, 2.75) is 33.1 Å². The zero-order chi connectivity index (χ0) is 12.5.